The smallest absolute Gasteiger partial charge is 0.243 e. The van der Waals surface area contributed by atoms with Gasteiger partial charge in [-0.3, -0.25) is 4.79 Å². The molecule has 2 aliphatic rings. The van der Waals surface area contributed by atoms with Crippen molar-refractivity contribution in [1.82, 2.24) is 14.9 Å². The average molecular weight is 544 g/mol. The van der Waals surface area contributed by atoms with Gasteiger partial charge in [-0.1, -0.05) is 44.6 Å². The second kappa shape index (κ2) is 12.4. The van der Waals surface area contributed by atoms with Crippen LogP contribution in [0.25, 0.3) is 11.0 Å². The van der Waals surface area contributed by atoms with Gasteiger partial charge in [-0.05, 0) is 37.7 Å². The van der Waals surface area contributed by atoms with E-state index in [1.54, 1.807) is 16.7 Å². The Morgan fingerprint density at radius 3 is 2.33 bits per heavy atom. The van der Waals surface area contributed by atoms with Crippen LogP contribution < -0.4 is 10.1 Å². The first-order valence-corrected chi connectivity index (χ1v) is 14.0. The molecule has 2 saturated carbocycles. The number of aromatic nitrogens is 2. The molecule has 1 atom stereocenters. The predicted octanol–water partition coefficient (Wildman–Crippen LogP) is 6.75. The van der Waals surface area contributed by atoms with Crippen LogP contribution in [0.4, 0.5) is 13.2 Å². The van der Waals surface area contributed by atoms with Crippen LogP contribution in [0.5, 0.6) is 5.75 Å². The monoisotopic (exact) mass is 543 g/mol. The number of methoxy groups -OCH3 is 1. The lowest BCUT2D eigenvalue weighted by molar-refractivity contribution is -0.127. The number of benzene rings is 2. The molecular weight excluding hydrogens is 507 g/mol. The van der Waals surface area contributed by atoms with Crippen LogP contribution in [0.1, 0.15) is 81.6 Å². The van der Waals surface area contributed by atoms with E-state index in [1.807, 2.05) is 0 Å². The van der Waals surface area contributed by atoms with Gasteiger partial charge in [0.2, 0.25) is 5.91 Å². The van der Waals surface area contributed by atoms with E-state index in [1.165, 1.54) is 19.6 Å². The Balaban J connectivity index is 1.48. The third-order valence-corrected chi connectivity index (χ3v) is 8.15. The highest BCUT2D eigenvalue weighted by Gasteiger charge is 2.35. The lowest BCUT2D eigenvalue weighted by Crippen LogP contribution is -2.43. The molecule has 3 aromatic rings. The number of hydrogen-bond donors (Lipinski definition) is 1. The Kier molecular flexibility index (Phi) is 8.75. The molecule has 1 heterocycles. The highest BCUT2D eigenvalue weighted by molar-refractivity contribution is 5.85. The molecule has 0 bridgehead atoms. The van der Waals surface area contributed by atoms with Crippen LogP contribution in [0.2, 0.25) is 0 Å². The van der Waals surface area contributed by atoms with Crippen LogP contribution in [-0.2, 0) is 22.7 Å². The molecule has 6 nitrogen and oxygen atoms in total. The van der Waals surface area contributed by atoms with E-state index in [9.17, 15) is 18.0 Å². The minimum absolute atomic E-state index is 0.0330. The first-order chi connectivity index (χ1) is 18.9. The number of carbonyl (C=O) groups excluding carboxylic acids is 1. The molecule has 39 heavy (non-hydrogen) atoms. The van der Waals surface area contributed by atoms with E-state index in [0.717, 1.165) is 69.9 Å². The Labute approximate surface area is 226 Å². The number of halogens is 3. The molecule has 1 amide bonds. The zero-order chi connectivity index (χ0) is 27.4. The molecule has 0 spiro atoms. The third kappa shape index (κ3) is 6.24. The fraction of sp³-hybridized carbons (Fsp3) is 0.533. The fourth-order valence-corrected chi connectivity index (χ4v) is 6.10. The van der Waals surface area contributed by atoms with Crippen LogP contribution >= 0.6 is 0 Å². The number of imidazole rings is 1. The molecule has 2 aromatic carbocycles. The highest BCUT2D eigenvalue weighted by Crippen LogP contribution is 2.37. The molecule has 210 valence electrons. The van der Waals surface area contributed by atoms with Gasteiger partial charge in [0, 0.05) is 29.8 Å². The molecule has 9 heteroatoms. The minimum Gasteiger partial charge on any atom is -0.497 e. The Hall–Kier alpha value is -3.07. The average Bonchev–Trinajstić information content (AvgIpc) is 3.27. The standard InChI is InChI=1S/C30H36F3N3O3/c1-38-22-13-12-20(23(31)14-22)17-39-18-28-35-26-15-24(32)25(33)16-27(26)36(28)29(19-8-4-2-5-9-19)30(37)34-21-10-6-3-7-11-21/h12-16,19,21,29H,2-11,17-18H2,1H3,(H,34,37). The molecule has 1 N–H and O–H groups in total. The van der Waals surface area contributed by atoms with Crippen LogP contribution in [0.3, 0.4) is 0 Å². The van der Waals surface area contributed by atoms with Gasteiger partial charge in [-0.2, -0.15) is 0 Å². The maximum atomic E-state index is 14.5. The Bertz CT molecular complexity index is 1300. The van der Waals surface area contributed by atoms with Crippen LogP contribution in [-0.4, -0.2) is 28.6 Å². The molecule has 0 aliphatic heterocycles. The summed E-state index contributed by atoms with van der Waals surface area (Å²) in [6.07, 6.45) is 10.1. The largest absolute Gasteiger partial charge is 0.497 e. The maximum absolute atomic E-state index is 14.5. The van der Waals surface area contributed by atoms with E-state index in [2.05, 4.69) is 10.3 Å². The van der Waals surface area contributed by atoms with Gasteiger partial charge in [0.15, 0.2) is 11.6 Å². The van der Waals surface area contributed by atoms with Crippen molar-refractivity contribution in [2.24, 2.45) is 5.92 Å². The van der Waals surface area contributed by atoms with Gasteiger partial charge >= 0.3 is 0 Å². The third-order valence-electron chi connectivity index (χ3n) is 8.15. The van der Waals surface area contributed by atoms with E-state index in [0.29, 0.717) is 22.7 Å². The van der Waals surface area contributed by atoms with Gasteiger partial charge in [-0.25, -0.2) is 18.2 Å². The van der Waals surface area contributed by atoms with E-state index >= 15 is 0 Å². The van der Waals surface area contributed by atoms with Crippen molar-refractivity contribution in [1.29, 1.82) is 0 Å². The zero-order valence-corrected chi connectivity index (χ0v) is 22.4. The first-order valence-electron chi connectivity index (χ1n) is 14.0. The van der Waals surface area contributed by atoms with E-state index in [4.69, 9.17) is 9.47 Å². The molecule has 5 rings (SSSR count). The number of fused-ring (bicyclic) bond motifs is 1. The topological polar surface area (TPSA) is 65.4 Å². The number of rotatable bonds is 9. The van der Waals surface area contributed by atoms with Gasteiger partial charge in [0.1, 0.15) is 30.0 Å². The summed E-state index contributed by atoms with van der Waals surface area (Å²) >= 11 is 0. The number of carbonyl (C=O) groups is 1. The van der Waals surface area contributed by atoms with Crippen molar-refractivity contribution in [2.75, 3.05) is 7.11 Å². The summed E-state index contributed by atoms with van der Waals surface area (Å²) in [6.45, 7) is -0.0898. The number of ether oxygens (including phenoxy) is 2. The summed E-state index contributed by atoms with van der Waals surface area (Å²) in [6, 6.07) is 6.19. The first kappa shape index (κ1) is 27.5. The van der Waals surface area contributed by atoms with Gasteiger partial charge in [0.05, 0.1) is 24.8 Å². The number of amides is 1. The zero-order valence-electron chi connectivity index (χ0n) is 22.4. The molecular formula is C30H36F3N3O3. The van der Waals surface area contributed by atoms with Crippen LogP contribution in [0.15, 0.2) is 30.3 Å². The lowest BCUT2D eigenvalue weighted by Gasteiger charge is -2.33. The number of hydrogen-bond acceptors (Lipinski definition) is 4. The minimum atomic E-state index is -0.999. The summed E-state index contributed by atoms with van der Waals surface area (Å²) in [5.74, 6) is -1.74. The van der Waals surface area contributed by atoms with Crippen molar-refractivity contribution in [3.63, 3.8) is 0 Å². The van der Waals surface area contributed by atoms with Crippen molar-refractivity contribution < 1.29 is 27.4 Å². The summed E-state index contributed by atoms with van der Waals surface area (Å²) in [4.78, 5) is 18.5. The van der Waals surface area contributed by atoms with Crippen molar-refractivity contribution >= 4 is 16.9 Å². The molecule has 0 saturated heterocycles. The fourth-order valence-electron chi connectivity index (χ4n) is 6.10. The maximum Gasteiger partial charge on any atom is 0.243 e. The number of nitrogens with zero attached hydrogens (tertiary/aromatic N) is 2. The van der Waals surface area contributed by atoms with Gasteiger partial charge in [0.25, 0.3) is 0 Å². The summed E-state index contributed by atoms with van der Waals surface area (Å²) in [7, 11) is 1.47. The normalized spacial score (nSPS) is 17.8. The van der Waals surface area contributed by atoms with Gasteiger partial charge < -0.3 is 19.4 Å². The summed E-state index contributed by atoms with van der Waals surface area (Å²) in [5.41, 5.74) is 0.960. The molecule has 1 aromatic heterocycles. The van der Waals surface area contributed by atoms with E-state index < -0.39 is 23.5 Å². The molecule has 2 aliphatic carbocycles. The highest BCUT2D eigenvalue weighted by atomic mass is 19.2. The van der Waals surface area contributed by atoms with E-state index in [-0.39, 0.29) is 36.6 Å². The Morgan fingerprint density at radius 1 is 0.949 bits per heavy atom. The van der Waals surface area contributed by atoms with Crippen molar-refractivity contribution in [2.45, 2.75) is 89.5 Å². The Morgan fingerprint density at radius 2 is 1.64 bits per heavy atom. The number of nitrogens with one attached hydrogen (secondary N) is 1. The quantitative estimate of drug-likeness (QED) is 0.324. The van der Waals surface area contributed by atoms with Crippen LogP contribution in [0, 0.1) is 23.4 Å². The molecule has 2 fully saturated rings. The summed E-state index contributed by atoms with van der Waals surface area (Å²) in [5, 5.41) is 3.27. The van der Waals surface area contributed by atoms with Gasteiger partial charge in [-0.15, -0.1) is 0 Å². The van der Waals surface area contributed by atoms with Crippen molar-refractivity contribution in [3.8, 4) is 5.75 Å². The second-order valence-electron chi connectivity index (χ2n) is 10.8. The predicted molar refractivity (Wildman–Crippen MR) is 142 cm³/mol. The molecule has 0 radical (unpaired) electrons. The summed E-state index contributed by atoms with van der Waals surface area (Å²) < 4.78 is 55.9. The second-order valence-corrected chi connectivity index (χ2v) is 10.8. The van der Waals surface area contributed by atoms with Crippen molar-refractivity contribution in [3.05, 3.63) is 59.2 Å². The molecule has 1 unspecified atom stereocenters. The lowest BCUT2D eigenvalue weighted by atomic mass is 9.83. The SMILES string of the molecule is COc1ccc(COCc2nc3cc(F)c(F)cc3n2C(C(=O)NC2CCCCC2)C2CCCCC2)c(F)c1.